The molecule has 0 radical (unpaired) electrons. The highest BCUT2D eigenvalue weighted by molar-refractivity contribution is 5.73. The molecule has 6 heteroatoms. The Kier molecular flexibility index (Phi) is 4.10. The minimum absolute atomic E-state index is 0.00262. The smallest absolute Gasteiger partial charge is 0.271 e. The molecule has 0 aliphatic rings. The van der Waals surface area contributed by atoms with E-state index < -0.39 is 5.56 Å². The summed E-state index contributed by atoms with van der Waals surface area (Å²) in [5.41, 5.74) is -0.113. The first-order valence-electron chi connectivity index (χ1n) is 5.47. The van der Waals surface area contributed by atoms with Crippen LogP contribution < -0.4 is 10.9 Å². The van der Waals surface area contributed by atoms with Gasteiger partial charge >= 0.3 is 0 Å². The van der Waals surface area contributed by atoms with Gasteiger partial charge < -0.3 is 10.4 Å². The van der Waals surface area contributed by atoms with Crippen molar-refractivity contribution in [1.82, 2.24) is 9.88 Å². The molecule has 0 saturated carbocycles. The first-order valence-corrected chi connectivity index (χ1v) is 5.47. The van der Waals surface area contributed by atoms with Crippen LogP contribution in [0.2, 0.25) is 0 Å². The van der Waals surface area contributed by atoms with Crippen molar-refractivity contribution in [3.63, 3.8) is 0 Å². The first-order chi connectivity index (χ1) is 8.36. The van der Waals surface area contributed by atoms with E-state index in [1.54, 1.807) is 13.8 Å². The Hall–Kier alpha value is -2.29. The zero-order valence-electron chi connectivity index (χ0n) is 10.5. The van der Waals surface area contributed by atoms with E-state index >= 15 is 0 Å². The van der Waals surface area contributed by atoms with Gasteiger partial charge in [-0.1, -0.05) is 0 Å². The number of nitrogens with one attached hydrogen (secondary N) is 1. The minimum atomic E-state index is -0.549. The normalized spacial score (nSPS) is 11.7. The fourth-order valence-electron chi connectivity index (χ4n) is 1.73. The first kappa shape index (κ1) is 13.8. The van der Waals surface area contributed by atoms with Crippen LogP contribution in [-0.4, -0.2) is 21.6 Å². The van der Waals surface area contributed by atoms with Crippen molar-refractivity contribution in [1.29, 1.82) is 5.26 Å². The maximum Gasteiger partial charge on any atom is 0.271 e. The van der Waals surface area contributed by atoms with Gasteiger partial charge in [-0.2, -0.15) is 5.26 Å². The fraction of sp³-hybridized carbons (Fsp3) is 0.417. The van der Waals surface area contributed by atoms with Crippen LogP contribution in [0, 0.1) is 18.3 Å². The number of aromatic hydroxyl groups is 1. The molecule has 1 aromatic heterocycles. The molecule has 1 unspecified atom stereocenters. The van der Waals surface area contributed by atoms with Crippen LogP contribution in [0.3, 0.4) is 0 Å². The average Bonchev–Trinajstić information content (AvgIpc) is 2.23. The van der Waals surface area contributed by atoms with E-state index in [-0.39, 0.29) is 29.9 Å². The number of amides is 1. The number of hydrogen-bond donors (Lipinski definition) is 2. The van der Waals surface area contributed by atoms with Crippen molar-refractivity contribution < 1.29 is 9.90 Å². The van der Waals surface area contributed by atoms with Gasteiger partial charge in [-0.3, -0.25) is 14.2 Å². The van der Waals surface area contributed by atoms with Crippen molar-refractivity contribution in [3.05, 3.63) is 27.5 Å². The zero-order chi connectivity index (χ0) is 13.9. The predicted octanol–water partition coefficient (Wildman–Crippen LogP) is 0.259. The van der Waals surface area contributed by atoms with Crippen LogP contribution in [-0.2, 0) is 11.3 Å². The third-order valence-electron chi connectivity index (χ3n) is 2.49. The molecule has 1 amide bonds. The molecular weight excluding hydrogens is 234 g/mol. The molecule has 0 aliphatic heterocycles. The number of aromatic nitrogens is 1. The maximum atomic E-state index is 11.9. The third kappa shape index (κ3) is 2.88. The summed E-state index contributed by atoms with van der Waals surface area (Å²) in [6.07, 6.45) is 0. The van der Waals surface area contributed by atoms with E-state index in [0.717, 1.165) is 4.57 Å². The summed E-state index contributed by atoms with van der Waals surface area (Å²) in [5.74, 6) is -0.434. The third-order valence-corrected chi connectivity index (χ3v) is 2.49. The van der Waals surface area contributed by atoms with Crippen LogP contribution in [0.15, 0.2) is 10.9 Å². The number of carbonyl (C=O) groups is 1. The van der Waals surface area contributed by atoms with E-state index in [2.05, 4.69) is 5.32 Å². The molecule has 0 spiro atoms. The lowest BCUT2D eigenvalue weighted by Crippen LogP contribution is -2.37. The maximum absolute atomic E-state index is 11.9. The number of carbonyl (C=O) groups excluding carboxylic acids is 1. The monoisotopic (exact) mass is 249 g/mol. The number of rotatable bonds is 3. The second-order valence-corrected chi connectivity index (χ2v) is 4.19. The lowest BCUT2D eigenvalue weighted by molar-refractivity contribution is -0.119. The van der Waals surface area contributed by atoms with E-state index in [1.807, 2.05) is 6.07 Å². The molecule has 2 N–H and O–H groups in total. The molecule has 0 aromatic carbocycles. The Bertz CT molecular complexity index is 569. The van der Waals surface area contributed by atoms with Crippen LogP contribution in [0.5, 0.6) is 5.88 Å². The standard InChI is InChI=1S/C12H15N3O3/c1-7-4-11(17)15(12(18)10(7)5-13)6-8(2)14-9(3)16/h4,8,17H,6H2,1-3H3,(H,14,16). The van der Waals surface area contributed by atoms with Crippen LogP contribution in [0.25, 0.3) is 0 Å². The Labute approximate surface area is 104 Å². The van der Waals surface area contributed by atoms with Crippen molar-refractivity contribution in [2.75, 3.05) is 0 Å². The summed E-state index contributed by atoms with van der Waals surface area (Å²) in [7, 11) is 0. The van der Waals surface area contributed by atoms with Gasteiger partial charge in [0.05, 0.1) is 0 Å². The topological polar surface area (TPSA) is 95.1 Å². The lowest BCUT2D eigenvalue weighted by Gasteiger charge is -2.16. The van der Waals surface area contributed by atoms with Crippen molar-refractivity contribution >= 4 is 5.91 Å². The number of nitriles is 1. The largest absolute Gasteiger partial charge is 0.494 e. The van der Waals surface area contributed by atoms with Crippen molar-refractivity contribution in [3.8, 4) is 11.9 Å². The SMILES string of the molecule is CC(=O)NC(C)Cn1c(O)cc(C)c(C#N)c1=O. The highest BCUT2D eigenvalue weighted by atomic mass is 16.3. The number of aryl methyl sites for hydroxylation is 1. The summed E-state index contributed by atoms with van der Waals surface area (Å²) in [6, 6.07) is 2.86. The van der Waals surface area contributed by atoms with Crippen molar-refractivity contribution in [2.45, 2.75) is 33.4 Å². The summed E-state index contributed by atoms with van der Waals surface area (Å²) < 4.78 is 1.08. The molecule has 6 nitrogen and oxygen atoms in total. The Balaban J connectivity index is 3.15. The summed E-state index contributed by atoms with van der Waals surface area (Å²) in [6.45, 7) is 4.77. The highest BCUT2D eigenvalue weighted by Crippen LogP contribution is 2.12. The fourth-order valence-corrected chi connectivity index (χ4v) is 1.73. The predicted molar refractivity (Wildman–Crippen MR) is 65.1 cm³/mol. The molecule has 1 atom stereocenters. The van der Waals surface area contributed by atoms with Crippen molar-refractivity contribution in [2.24, 2.45) is 0 Å². The quantitative estimate of drug-likeness (QED) is 0.803. The van der Waals surface area contributed by atoms with Gasteiger partial charge in [0.25, 0.3) is 5.56 Å². The molecule has 0 fully saturated rings. The van der Waals surface area contributed by atoms with Gasteiger partial charge in [-0.05, 0) is 19.4 Å². The average molecular weight is 249 g/mol. The zero-order valence-corrected chi connectivity index (χ0v) is 10.5. The number of hydrogen-bond acceptors (Lipinski definition) is 4. The number of pyridine rings is 1. The van der Waals surface area contributed by atoms with Gasteiger partial charge in [0.2, 0.25) is 5.91 Å². The molecule has 0 bridgehead atoms. The molecule has 0 aliphatic carbocycles. The van der Waals surface area contributed by atoms with Gasteiger partial charge in [0.15, 0.2) is 5.88 Å². The summed E-state index contributed by atoms with van der Waals surface area (Å²) in [5, 5.41) is 21.2. The van der Waals surface area contributed by atoms with E-state index in [4.69, 9.17) is 5.26 Å². The van der Waals surface area contributed by atoms with Gasteiger partial charge in [0.1, 0.15) is 11.6 Å². The molecule has 0 saturated heterocycles. The molecular formula is C12H15N3O3. The van der Waals surface area contributed by atoms with E-state index in [1.165, 1.54) is 13.0 Å². The van der Waals surface area contributed by atoms with Gasteiger partial charge in [-0.15, -0.1) is 0 Å². The van der Waals surface area contributed by atoms with Gasteiger partial charge in [-0.25, -0.2) is 0 Å². The Morgan fingerprint density at radius 3 is 2.78 bits per heavy atom. The summed E-state index contributed by atoms with van der Waals surface area (Å²) in [4.78, 5) is 22.8. The van der Waals surface area contributed by atoms with Gasteiger partial charge in [0, 0.05) is 25.6 Å². The molecule has 18 heavy (non-hydrogen) atoms. The Morgan fingerprint density at radius 1 is 1.67 bits per heavy atom. The highest BCUT2D eigenvalue weighted by Gasteiger charge is 2.14. The van der Waals surface area contributed by atoms with E-state index in [9.17, 15) is 14.7 Å². The Morgan fingerprint density at radius 2 is 2.28 bits per heavy atom. The lowest BCUT2D eigenvalue weighted by atomic mass is 10.1. The second-order valence-electron chi connectivity index (χ2n) is 4.19. The molecule has 1 heterocycles. The minimum Gasteiger partial charge on any atom is -0.494 e. The van der Waals surface area contributed by atoms with E-state index in [0.29, 0.717) is 5.56 Å². The molecule has 1 aromatic rings. The van der Waals surface area contributed by atoms with Crippen LogP contribution in [0.1, 0.15) is 25.0 Å². The summed E-state index contributed by atoms with van der Waals surface area (Å²) >= 11 is 0. The van der Waals surface area contributed by atoms with Crippen LogP contribution in [0.4, 0.5) is 0 Å². The second kappa shape index (κ2) is 5.36. The van der Waals surface area contributed by atoms with Crippen LogP contribution >= 0.6 is 0 Å². The molecule has 1 rings (SSSR count). The molecule has 96 valence electrons. The number of nitrogens with zero attached hydrogens (tertiary/aromatic N) is 2.